The van der Waals surface area contributed by atoms with E-state index in [9.17, 15) is 4.79 Å². The number of likely N-dealkylation sites (N-methyl/N-ethyl adjacent to an activating group) is 1. The predicted molar refractivity (Wildman–Crippen MR) is 88.7 cm³/mol. The first-order chi connectivity index (χ1) is 10.0. The third-order valence-corrected chi connectivity index (χ3v) is 3.75. The minimum atomic E-state index is -0.0477. The van der Waals surface area contributed by atoms with Crippen molar-refractivity contribution in [1.29, 1.82) is 0 Å². The van der Waals surface area contributed by atoms with Crippen LogP contribution in [0, 0.1) is 0 Å². The van der Waals surface area contributed by atoms with Gasteiger partial charge in [0.15, 0.2) is 0 Å². The van der Waals surface area contributed by atoms with Crippen LogP contribution in [0.15, 0.2) is 46.9 Å². The van der Waals surface area contributed by atoms with Gasteiger partial charge in [-0.2, -0.15) is 0 Å². The molecule has 0 aromatic heterocycles. The number of benzene rings is 2. The second-order valence-electron chi connectivity index (χ2n) is 4.64. The third kappa shape index (κ3) is 3.55. The van der Waals surface area contributed by atoms with Crippen molar-refractivity contribution < 1.29 is 9.53 Å². The normalized spacial score (nSPS) is 10.2. The van der Waals surface area contributed by atoms with Crippen LogP contribution in [0.5, 0.6) is 5.75 Å². The molecule has 2 aromatic carbocycles. The molecule has 2 rings (SSSR count). The number of rotatable bonds is 4. The van der Waals surface area contributed by atoms with Gasteiger partial charge in [-0.25, -0.2) is 0 Å². The van der Waals surface area contributed by atoms with Crippen LogP contribution in [0.1, 0.15) is 5.56 Å². The molecule has 0 spiro atoms. The van der Waals surface area contributed by atoms with E-state index < -0.39 is 0 Å². The Morgan fingerprint density at radius 1 is 1.29 bits per heavy atom. The average Bonchev–Trinajstić information content (AvgIpc) is 2.47. The van der Waals surface area contributed by atoms with E-state index >= 15 is 0 Å². The number of para-hydroxylation sites is 1. The molecule has 0 unspecified atom stereocenters. The standard InChI is InChI=1S/C16H17BrN2O2/c1-19(14-8-7-12(17)10-13(14)18)16(20)9-11-5-3-4-6-15(11)21-2/h3-8,10H,9,18H2,1-2H3. The van der Waals surface area contributed by atoms with Gasteiger partial charge in [-0.15, -0.1) is 0 Å². The van der Waals surface area contributed by atoms with Crippen molar-refractivity contribution in [2.24, 2.45) is 0 Å². The molecule has 0 aliphatic rings. The van der Waals surface area contributed by atoms with Gasteiger partial charge in [0.2, 0.25) is 5.91 Å². The van der Waals surface area contributed by atoms with E-state index in [-0.39, 0.29) is 12.3 Å². The lowest BCUT2D eigenvalue weighted by Gasteiger charge is -2.20. The van der Waals surface area contributed by atoms with E-state index in [2.05, 4.69) is 15.9 Å². The average molecular weight is 349 g/mol. The number of anilines is 2. The van der Waals surface area contributed by atoms with Crippen LogP contribution in [-0.2, 0) is 11.2 Å². The zero-order valence-corrected chi connectivity index (χ0v) is 13.6. The summed E-state index contributed by atoms with van der Waals surface area (Å²) in [6, 6.07) is 13.0. The highest BCUT2D eigenvalue weighted by atomic mass is 79.9. The molecule has 0 aliphatic carbocycles. The van der Waals surface area contributed by atoms with Gasteiger partial charge in [-0.1, -0.05) is 34.1 Å². The van der Waals surface area contributed by atoms with Crippen LogP contribution >= 0.6 is 15.9 Å². The van der Waals surface area contributed by atoms with E-state index in [1.54, 1.807) is 25.1 Å². The molecule has 0 radical (unpaired) electrons. The van der Waals surface area contributed by atoms with Gasteiger partial charge in [0.1, 0.15) is 5.75 Å². The summed E-state index contributed by atoms with van der Waals surface area (Å²) < 4.78 is 6.15. The minimum Gasteiger partial charge on any atom is -0.496 e. The SMILES string of the molecule is COc1ccccc1CC(=O)N(C)c1ccc(Br)cc1N. The number of hydrogen-bond acceptors (Lipinski definition) is 3. The van der Waals surface area contributed by atoms with Crippen LogP contribution < -0.4 is 15.4 Å². The molecule has 21 heavy (non-hydrogen) atoms. The van der Waals surface area contributed by atoms with Gasteiger partial charge in [0.05, 0.1) is 24.9 Å². The van der Waals surface area contributed by atoms with Crippen LogP contribution in [0.25, 0.3) is 0 Å². The molecule has 0 fully saturated rings. The van der Waals surface area contributed by atoms with Gasteiger partial charge < -0.3 is 15.4 Å². The van der Waals surface area contributed by atoms with Crippen molar-refractivity contribution in [3.8, 4) is 5.75 Å². The van der Waals surface area contributed by atoms with Crippen molar-refractivity contribution in [1.82, 2.24) is 0 Å². The summed E-state index contributed by atoms with van der Waals surface area (Å²) in [5.41, 5.74) is 8.06. The monoisotopic (exact) mass is 348 g/mol. The van der Waals surface area contributed by atoms with Crippen molar-refractivity contribution >= 4 is 33.2 Å². The number of nitrogen functional groups attached to an aromatic ring is 1. The van der Waals surface area contributed by atoms with Gasteiger partial charge >= 0.3 is 0 Å². The Labute approximate surface area is 132 Å². The quantitative estimate of drug-likeness (QED) is 0.863. The van der Waals surface area contributed by atoms with Crippen molar-refractivity contribution in [3.05, 3.63) is 52.5 Å². The number of methoxy groups -OCH3 is 1. The Morgan fingerprint density at radius 3 is 2.67 bits per heavy atom. The molecule has 0 aliphatic heterocycles. The molecule has 1 amide bonds. The van der Waals surface area contributed by atoms with Crippen molar-refractivity contribution in [2.75, 3.05) is 24.8 Å². The molecule has 0 saturated carbocycles. The third-order valence-electron chi connectivity index (χ3n) is 3.26. The number of carbonyl (C=O) groups excluding carboxylic acids is 1. The second-order valence-corrected chi connectivity index (χ2v) is 5.56. The Kier molecular flexibility index (Phi) is 4.85. The van der Waals surface area contributed by atoms with E-state index in [4.69, 9.17) is 10.5 Å². The zero-order chi connectivity index (χ0) is 15.4. The van der Waals surface area contributed by atoms with Crippen LogP contribution in [0.2, 0.25) is 0 Å². The molecule has 4 nitrogen and oxygen atoms in total. The molecule has 0 saturated heterocycles. The highest BCUT2D eigenvalue weighted by molar-refractivity contribution is 9.10. The highest BCUT2D eigenvalue weighted by Gasteiger charge is 2.16. The minimum absolute atomic E-state index is 0.0477. The van der Waals surface area contributed by atoms with Crippen molar-refractivity contribution in [3.63, 3.8) is 0 Å². The number of nitrogens with zero attached hydrogens (tertiary/aromatic N) is 1. The van der Waals surface area contributed by atoms with Crippen LogP contribution in [0.4, 0.5) is 11.4 Å². The van der Waals surface area contributed by atoms with Gasteiger partial charge in [-0.05, 0) is 24.3 Å². The van der Waals surface area contributed by atoms with Gasteiger partial charge in [0.25, 0.3) is 0 Å². The molecule has 2 N–H and O–H groups in total. The second kappa shape index (κ2) is 6.63. The lowest BCUT2D eigenvalue weighted by Crippen LogP contribution is -2.28. The van der Waals surface area contributed by atoms with Crippen LogP contribution in [0.3, 0.4) is 0 Å². The summed E-state index contributed by atoms with van der Waals surface area (Å²) in [6.07, 6.45) is 0.260. The molecular weight excluding hydrogens is 332 g/mol. The molecule has 0 atom stereocenters. The maximum atomic E-state index is 12.4. The van der Waals surface area contributed by atoms with E-state index in [1.807, 2.05) is 36.4 Å². The molecule has 5 heteroatoms. The summed E-state index contributed by atoms with van der Waals surface area (Å²) in [6.45, 7) is 0. The fourth-order valence-electron chi connectivity index (χ4n) is 2.10. The lowest BCUT2D eigenvalue weighted by molar-refractivity contribution is -0.117. The summed E-state index contributed by atoms with van der Waals surface area (Å²) >= 11 is 3.36. The number of hydrogen-bond donors (Lipinski definition) is 1. The first-order valence-corrected chi connectivity index (χ1v) is 7.25. The predicted octanol–water partition coefficient (Wildman–Crippen LogP) is 3.25. The number of ether oxygens (including phenoxy) is 1. The lowest BCUT2D eigenvalue weighted by atomic mass is 10.1. The number of carbonyl (C=O) groups is 1. The van der Waals surface area contributed by atoms with Crippen molar-refractivity contribution in [2.45, 2.75) is 6.42 Å². The van der Waals surface area contributed by atoms with Crippen LogP contribution in [-0.4, -0.2) is 20.1 Å². The van der Waals surface area contributed by atoms with E-state index in [0.29, 0.717) is 17.1 Å². The number of amides is 1. The molecule has 0 heterocycles. The molecular formula is C16H17BrN2O2. The maximum Gasteiger partial charge on any atom is 0.231 e. The number of nitrogens with two attached hydrogens (primary N) is 1. The largest absolute Gasteiger partial charge is 0.496 e. The number of halogens is 1. The Balaban J connectivity index is 2.19. The zero-order valence-electron chi connectivity index (χ0n) is 12.0. The Hall–Kier alpha value is -2.01. The Morgan fingerprint density at radius 2 is 2.00 bits per heavy atom. The fourth-order valence-corrected chi connectivity index (χ4v) is 2.47. The summed E-state index contributed by atoms with van der Waals surface area (Å²) in [5, 5.41) is 0. The van der Waals surface area contributed by atoms with E-state index in [1.165, 1.54) is 0 Å². The first kappa shape index (κ1) is 15.4. The highest BCUT2D eigenvalue weighted by Crippen LogP contribution is 2.27. The Bertz CT molecular complexity index is 658. The fraction of sp³-hybridized carbons (Fsp3) is 0.188. The van der Waals surface area contributed by atoms with E-state index in [0.717, 1.165) is 10.0 Å². The molecule has 0 bridgehead atoms. The summed E-state index contributed by atoms with van der Waals surface area (Å²) in [5.74, 6) is 0.663. The van der Waals surface area contributed by atoms with Gasteiger partial charge in [0, 0.05) is 17.1 Å². The summed E-state index contributed by atoms with van der Waals surface area (Å²) in [7, 11) is 3.32. The molecule has 2 aromatic rings. The molecule has 110 valence electrons. The van der Waals surface area contributed by atoms with Gasteiger partial charge in [-0.3, -0.25) is 4.79 Å². The maximum absolute atomic E-state index is 12.4. The summed E-state index contributed by atoms with van der Waals surface area (Å²) in [4.78, 5) is 14.0. The smallest absolute Gasteiger partial charge is 0.231 e. The first-order valence-electron chi connectivity index (χ1n) is 6.46. The topological polar surface area (TPSA) is 55.6 Å².